The van der Waals surface area contributed by atoms with Gasteiger partial charge in [0.05, 0.1) is 17.3 Å². The molecular formula is C48H37ClN4O7. The summed E-state index contributed by atoms with van der Waals surface area (Å²) in [6, 6.07) is 40.8. The van der Waals surface area contributed by atoms with Crippen molar-refractivity contribution in [3.05, 3.63) is 183 Å². The molecule has 0 bridgehead atoms. The van der Waals surface area contributed by atoms with Crippen molar-refractivity contribution in [1.29, 1.82) is 5.26 Å². The molecule has 0 saturated heterocycles. The zero-order chi connectivity index (χ0) is 41.8. The fourth-order valence-corrected chi connectivity index (χ4v) is 7.62. The van der Waals surface area contributed by atoms with Gasteiger partial charge < -0.3 is 30.1 Å². The van der Waals surface area contributed by atoms with Crippen molar-refractivity contribution in [3.63, 3.8) is 0 Å². The third-order valence-corrected chi connectivity index (χ3v) is 10.8. The van der Waals surface area contributed by atoms with Gasteiger partial charge in [-0.15, -0.1) is 0 Å². The number of carbonyl (C=O) groups is 4. The van der Waals surface area contributed by atoms with Crippen LogP contribution in [0.15, 0.2) is 140 Å². The molecule has 0 aliphatic carbocycles. The number of nitriles is 1. The van der Waals surface area contributed by atoms with Gasteiger partial charge >= 0.3 is 5.97 Å². The molecular weight excluding hydrogens is 780 g/mol. The zero-order valence-corrected chi connectivity index (χ0v) is 32.8. The highest BCUT2D eigenvalue weighted by Crippen LogP contribution is 2.40. The van der Waals surface area contributed by atoms with Gasteiger partial charge in [0.2, 0.25) is 12.0 Å². The minimum absolute atomic E-state index is 0.00146. The van der Waals surface area contributed by atoms with Gasteiger partial charge in [0.1, 0.15) is 30.2 Å². The molecule has 0 radical (unpaired) electrons. The fourth-order valence-electron chi connectivity index (χ4n) is 7.41. The van der Waals surface area contributed by atoms with Crippen LogP contribution in [0.2, 0.25) is 5.02 Å². The Morgan fingerprint density at radius 2 is 1.58 bits per heavy atom. The first-order chi connectivity index (χ1) is 29.1. The van der Waals surface area contributed by atoms with Gasteiger partial charge in [-0.05, 0) is 94.0 Å². The maximum absolute atomic E-state index is 14.1. The molecule has 2 aliphatic rings. The lowest BCUT2D eigenvalue weighted by atomic mass is 9.91. The summed E-state index contributed by atoms with van der Waals surface area (Å²) in [5.74, 6) is -1.60. The van der Waals surface area contributed by atoms with Gasteiger partial charge in [0.15, 0.2) is 0 Å². The second-order valence-corrected chi connectivity index (χ2v) is 15.0. The van der Waals surface area contributed by atoms with E-state index in [4.69, 9.17) is 26.3 Å². The molecule has 1 unspecified atom stereocenters. The number of rotatable bonds is 11. The maximum Gasteiger partial charge on any atom is 0.326 e. The van der Waals surface area contributed by atoms with Crippen LogP contribution < -0.4 is 20.1 Å². The highest BCUT2D eigenvalue weighted by Gasteiger charge is 2.39. The molecule has 2 heterocycles. The summed E-state index contributed by atoms with van der Waals surface area (Å²) >= 11 is 6.09. The number of fused-ring (bicyclic) bond motifs is 2. The maximum atomic E-state index is 14.1. The first-order valence-corrected chi connectivity index (χ1v) is 19.6. The Labute approximate surface area is 350 Å². The molecule has 60 heavy (non-hydrogen) atoms. The molecule has 298 valence electrons. The molecule has 3 amide bonds. The predicted octanol–water partition coefficient (Wildman–Crippen LogP) is 7.91. The molecule has 8 rings (SSSR count). The molecule has 3 atom stereocenters. The minimum Gasteiger partial charge on any atom is -0.489 e. The number of nitrogens with zero attached hydrogens (tertiary/aromatic N) is 2. The van der Waals surface area contributed by atoms with E-state index in [2.05, 4.69) is 16.7 Å². The van der Waals surface area contributed by atoms with Crippen molar-refractivity contribution in [2.24, 2.45) is 0 Å². The zero-order valence-electron chi connectivity index (χ0n) is 32.0. The molecule has 3 N–H and O–H groups in total. The first-order valence-electron chi connectivity index (χ1n) is 19.2. The van der Waals surface area contributed by atoms with E-state index in [-0.39, 0.29) is 25.3 Å². The predicted molar refractivity (Wildman–Crippen MR) is 224 cm³/mol. The summed E-state index contributed by atoms with van der Waals surface area (Å²) in [5, 5.41) is 25.6. The van der Waals surface area contributed by atoms with E-state index in [0.717, 1.165) is 22.3 Å². The van der Waals surface area contributed by atoms with E-state index in [1.165, 1.54) is 4.90 Å². The third-order valence-electron chi connectivity index (χ3n) is 10.6. The number of halogens is 1. The van der Waals surface area contributed by atoms with Crippen molar-refractivity contribution in [2.45, 2.75) is 44.2 Å². The SMILES string of the molecule is N#Cc1ccc(-c2ccc(C[C@H](NC(=O)C3Cc4cc5c(cc4CN3C(=O)c3ccccc3)O[C@@H](c3ccc(OCc4cccc(Cl)c4)cc3)C(=O)N5)C(=O)O)cc2)cc1. The smallest absolute Gasteiger partial charge is 0.326 e. The second kappa shape index (κ2) is 17.2. The normalized spacial score (nSPS) is 15.9. The van der Waals surface area contributed by atoms with Crippen molar-refractivity contribution < 1.29 is 33.8 Å². The van der Waals surface area contributed by atoms with Gasteiger partial charge in [0, 0.05) is 35.5 Å². The number of carboxylic acids is 1. The van der Waals surface area contributed by atoms with Crippen molar-refractivity contribution in [3.8, 4) is 28.7 Å². The first kappa shape index (κ1) is 39.4. The van der Waals surface area contributed by atoms with Crippen LogP contribution >= 0.6 is 11.6 Å². The number of nitrogens with one attached hydrogen (secondary N) is 2. The molecule has 0 aromatic heterocycles. The standard InChI is InChI=1S/C48H37ClN4O7/c49-38-8-4-5-31(21-38)28-59-39-19-17-34(18-20-39)44-46(55)51-40-23-36-24-42(53(27-37(36)25-43(40)60-44)47(56)35-6-2-1-3-7-35)45(54)52-41(48(57)58)22-29-9-13-32(14-10-29)33-15-11-30(26-50)12-16-33/h1-21,23,25,41-42,44H,22,24,27-28H2,(H,51,55)(H,52,54)(H,57,58)/t41-,42?,44-/m0/s1. The quantitative estimate of drug-likeness (QED) is 0.119. The van der Waals surface area contributed by atoms with Crippen LogP contribution in [0.25, 0.3) is 11.1 Å². The van der Waals surface area contributed by atoms with Gasteiger partial charge in [-0.25, -0.2) is 4.79 Å². The van der Waals surface area contributed by atoms with Gasteiger partial charge in [0.25, 0.3) is 11.8 Å². The molecule has 6 aromatic rings. The number of hydrogen-bond acceptors (Lipinski definition) is 7. The Morgan fingerprint density at radius 3 is 2.27 bits per heavy atom. The van der Waals surface area contributed by atoms with E-state index in [0.29, 0.717) is 56.6 Å². The Bertz CT molecular complexity index is 2630. The Balaban J connectivity index is 0.995. The molecule has 11 nitrogen and oxygen atoms in total. The summed E-state index contributed by atoms with van der Waals surface area (Å²) in [6.45, 7) is 0.353. The van der Waals surface area contributed by atoms with E-state index in [1.807, 2.05) is 42.5 Å². The molecule has 0 saturated carbocycles. The average Bonchev–Trinajstić information content (AvgIpc) is 3.27. The Hall–Kier alpha value is -7.42. The summed E-state index contributed by atoms with van der Waals surface area (Å²) in [7, 11) is 0. The van der Waals surface area contributed by atoms with Gasteiger partial charge in [-0.1, -0.05) is 90.5 Å². The summed E-state index contributed by atoms with van der Waals surface area (Å²) in [4.78, 5) is 55.6. The van der Waals surface area contributed by atoms with Crippen molar-refractivity contribution in [1.82, 2.24) is 10.2 Å². The summed E-state index contributed by atoms with van der Waals surface area (Å²) < 4.78 is 12.2. The van der Waals surface area contributed by atoms with E-state index in [9.17, 15) is 24.3 Å². The molecule has 6 aromatic carbocycles. The monoisotopic (exact) mass is 816 g/mol. The van der Waals surface area contributed by atoms with Crippen LogP contribution in [0.5, 0.6) is 11.5 Å². The number of carboxylic acid groups (broad SMARTS) is 1. The Morgan fingerprint density at radius 1 is 0.867 bits per heavy atom. The lowest BCUT2D eigenvalue weighted by Gasteiger charge is -2.37. The van der Waals surface area contributed by atoms with Crippen LogP contribution in [0, 0.1) is 11.3 Å². The topological polar surface area (TPSA) is 158 Å². The number of carbonyl (C=O) groups excluding carboxylic acids is 3. The number of hydrogen-bond donors (Lipinski definition) is 3. The molecule has 0 spiro atoms. The largest absolute Gasteiger partial charge is 0.489 e. The van der Waals surface area contributed by atoms with Crippen LogP contribution in [-0.4, -0.2) is 45.8 Å². The molecule has 2 aliphatic heterocycles. The Kier molecular flexibility index (Phi) is 11.3. The molecule has 0 fully saturated rings. The van der Waals surface area contributed by atoms with E-state index >= 15 is 0 Å². The minimum atomic E-state index is -1.29. The highest BCUT2D eigenvalue weighted by molar-refractivity contribution is 6.30. The van der Waals surface area contributed by atoms with Crippen LogP contribution in [-0.2, 0) is 40.4 Å². The van der Waals surface area contributed by atoms with E-state index in [1.54, 1.807) is 97.1 Å². The van der Waals surface area contributed by atoms with Gasteiger partial charge in [-0.2, -0.15) is 5.26 Å². The summed E-state index contributed by atoms with van der Waals surface area (Å²) in [5.41, 5.74) is 6.78. The van der Waals surface area contributed by atoms with Crippen LogP contribution in [0.1, 0.15) is 49.8 Å². The fraction of sp³-hybridized carbons (Fsp3) is 0.146. The van der Waals surface area contributed by atoms with Gasteiger partial charge in [-0.3, -0.25) is 14.4 Å². The third kappa shape index (κ3) is 8.70. The lowest BCUT2D eigenvalue weighted by molar-refractivity contribution is -0.142. The van der Waals surface area contributed by atoms with Crippen LogP contribution in [0.3, 0.4) is 0 Å². The number of anilines is 1. The second-order valence-electron chi connectivity index (χ2n) is 14.6. The average molecular weight is 817 g/mol. The number of ether oxygens (including phenoxy) is 2. The number of benzene rings is 6. The van der Waals surface area contributed by atoms with E-state index < -0.39 is 36.0 Å². The highest BCUT2D eigenvalue weighted by atomic mass is 35.5. The molecule has 12 heteroatoms. The lowest BCUT2D eigenvalue weighted by Crippen LogP contribution is -2.56. The number of aliphatic carboxylic acids is 1. The van der Waals surface area contributed by atoms with Crippen LogP contribution in [0.4, 0.5) is 5.69 Å². The van der Waals surface area contributed by atoms with Crippen molar-refractivity contribution >= 4 is 41.0 Å². The summed E-state index contributed by atoms with van der Waals surface area (Å²) in [6.07, 6.45) is -0.891. The number of amides is 3. The van der Waals surface area contributed by atoms with Crippen molar-refractivity contribution in [2.75, 3.05) is 5.32 Å².